The molecule has 0 aromatic heterocycles. The largest absolute Gasteiger partial charge is 0.492 e. The van der Waals surface area contributed by atoms with Gasteiger partial charge in [-0.1, -0.05) is 22.0 Å². The number of benzene rings is 1. The van der Waals surface area contributed by atoms with Gasteiger partial charge in [-0.2, -0.15) is 0 Å². The lowest BCUT2D eigenvalue weighted by Gasteiger charge is -2.17. The molecule has 2 N–H and O–H groups in total. The Labute approximate surface area is 111 Å². The van der Waals surface area contributed by atoms with Crippen LogP contribution in [0.4, 0.5) is 0 Å². The molecule has 0 spiro atoms. The van der Waals surface area contributed by atoms with E-state index < -0.39 is 0 Å². The first-order valence-corrected chi connectivity index (χ1v) is 6.81. The molecule has 0 bridgehead atoms. The SMILES string of the molecule is CN(CCOc1cc(Br)ccc1CN)C1CC1. The van der Waals surface area contributed by atoms with Crippen molar-refractivity contribution in [3.05, 3.63) is 28.2 Å². The summed E-state index contributed by atoms with van der Waals surface area (Å²) in [6, 6.07) is 6.77. The summed E-state index contributed by atoms with van der Waals surface area (Å²) < 4.78 is 6.83. The summed E-state index contributed by atoms with van der Waals surface area (Å²) in [6.45, 7) is 2.21. The fourth-order valence-electron chi connectivity index (χ4n) is 1.83. The van der Waals surface area contributed by atoms with Crippen LogP contribution < -0.4 is 10.5 Å². The molecule has 2 rings (SSSR count). The van der Waals surface area contributed by atoms with Crippen LogP contribution in [0.15, 0.2) is 22.7 Å². The Morgan fingerprint density at radius 3 is 2.88 bits per heavy atom. The van der Waals surface area contributed by atoms with Crippen molar-refractivity contribution in [1.29, 1.82) is 0 Å². The maximum Gasteiger partial charge on any atom is 0.124 e. The van der Waals surface area contributed by atoms with Gasteiger partial charge in [0, 0.05) is 29.2 Å². The smallest absolute Gasteiger partial charge is 0.124 e. The van der Waals surface area contributed by atoms with E-state index >= 15 is 0 Å². The molecule has 17 heavy (non-hydrogen) atoms. The van der Waals surface area contributed by atoms with E-state index in [2.05, 4.69) is 27.9 Å². The van der Waals surface area contributed by atoms with Crippen LogP contribution >= 0.6 is 15.9 Å². The lowest BCUT2D eigenvalue weighted by molar-refractivity contribution is 0.230. The Kier molecular flexibility index (Phi) is 4.42. The van der Waals surface area contributed by atoms with E-state index in [1.54, 1.807) is 0 Å². The van der Waals surface area contributed by atoms with Crippen LogP contribution in [0.2, 0.25) is 0 Å². The Morgan fingerprint density at radius 2 is 2.24 bits per heavy atom. The third-order valence-corrected chi connectivity index (χ3v) is 3.61. The van der Waals surface area contributed by atoms with E-state index in [0.29, 0.717) is 6.54 Å². The molecule has 3 nitrogen and oxygen atoms in total. The zero-order valence-electron chi connectivity index (χ0n) is 10.2. The van der Waals surface area contributed by atoms with E-state index in [0.717, 1.165) is 35.0 Å². The fourth-order valence-corrected chi connectivity index (χ4v) is 2.17. The van der Waals surface area contributed by atoms with Crippen LogP contribution in [0.25, 0.3) is 0 Å². The summed E-state index contributed by atoms with van der Waals surface area (Å²) in [5.41, 5.74) is 6.74. The number of nitrogens with zero attached hydrogens (tertiary/aromatic N) is 1. The van der Waals surface area contributed by atoms with Crippen LogP contribution in [0.3, 0.4) is 0 Å². The molecule has 0 aliphatic heterocycles. The average Bonchev–Trinajstić information content (AvgIpc) is 3.13. The number of nitrogens with two attached hydrogens (primary N) is 1. The minimum absolute atomic E-state index is 0.515. The Morgan fingerprint density at radius 1 is 1.47 bits per heavy atom. The third-order valence-electron chi connectivity index (χ3n) is 3.12. The standard InChI is InChI=1S/C13H19BrN2O/c1-16(12-4-5-12)6-7-17-13-8-11(14)3-2-10(13)9-15/h2-3,8,12H,4-7,9,15H2,1H3. The normalized spacial score (nSPS) is 15.3. The number of hydrogen-bond acceptors (Lipinski definition) is 3. The fraction of sp³-hybridized carbons (Fsp3) is 0.538. The van der Waals surface area contributed by atoms with Crippen molar-refractivity contribution in [3.8, 4) is 5.75 Å². The molecule has 0 amide bonds. The van der Waals surface area contributed by atoms with Crippen molar-refractivity contribution in [2.24, 2.45) is 5.73 Å². The van der Waals surface area contributed by atoms with Crippen molar-refractivity contribution in [2.45, 2.75) is 25.4 Å². The van der Waals surface area contributed by atoms with Crippen molar-refractivity contribution in [2.75, 3.05) is 20.2 Å². The predicted molar refractivity (Wildman–Crippen MR) is 73.2 cm³/mol. The number of ether oxygens (including phenoxy) is 1. The van der Waals surface area contributed by atoms with Crippen molar-refractivity contribution < 1.29 is 4.74 Å². The quantitative estimate of drug-likeness (QED) is 0.876. The maximum absolute atomic E-state index is 5.81. The molecule has 0 saturated heterocycles. The van der Waals surface area contributed by atoms with Crippen molar-refractivity contribution >= 4 is 15.9 Å². The molecule has 94 valence electrons. The average molecular weight is 299 g/mol. The van der Waals surface area contributed by atoms with Gasteiger partial charge < -0.3 is 15.4 Å². The minimum Gasteiger partial charge on any atom is -0.492 e. The summed E-state index contributed by atoms with van der Waals surface area (Å²) in [4.78, 5) is 2.36. The van der Waals surface area contributed by atoms with Gasteiger partial charge in [0.2, 0.25) is 0 Å². The minimum atomic E-state index is 0.515. The van der Waals surface area contributed by atoms with Gasteiger partial charge in [-0.3, -0.25) is 0 Å². The summed E-state index contributed by atoms with van der Waals surface area (Å²) in [5, 5.41) is 0. The molecule has 0 radical (unpaired) electrons. The topological polar surface area (TPSA) is 38.5 Å². The van der Waals surface area contributed by atoms with E-state index in [9.17, 15) is 0 Å². The summed E-state index contributed by atoms with van der Waals surface area (Å²) in [6.07, 6.45) is 2.67. The highest BCUT2D eigenvalue weighted by molar-refractivity contribution is 9.10. The van der Waals surface area contributed by atoms with Gasteiger partial charge in [0.15, 0.2) is 0 Å². The maximum atomic E-state index is 5.81. The second-order valence-electron chi connectivity index (χ2n) is 4.52. The van der Waals surface area contributed by atoms with E-state index in [4.69, 9.17) is 10.5 Å². The zero-order valence-corrected chi connectivity index (χ0v) is 11.7. The second-order valence-corrected chi connectivity index (χ2v) is 5.43. The Bertz CT molecular complexity index is 380. The number of halogens is 1. The third kappa shape index (κ3) is 3.69. The molecule has 0 heterocycles. The van der Waals surface area contributed by atoms with Gasteiger partial charge in [-0.25, -0.2) is 0 Å². The van der Waals surface area contributed by atoms with E-state index in [-0.39, 0.29) is 0 Å². The first-order chi connectivity index (χ1) is 8.20. The molecule has 1 saturated carbocycles. The van der Waals surface area contributed by atoms with Crippen LogP contribution in [0, 0.1) is 0 Å². The first kappa shape index (κ1) is 12.9. The highest BCUT2D eigenvalue weighted by Crippen LogP contribution is 2.26. The Hall–Kier alpha value is -0.580. The predicted octanol–water partition coefficient (Wildman–Crippen LogP) is 2.38. The number of hydrogen-bond donors (Lipinski definition) is 1. The van der Waals surface area contributed by atoms with Gasteiger partial charge in [-0.05, 0) is 32.0 Å². The highest BCUT2D eigenvalue weighted by atomic mass is 79.9. The van der Waals surface area contributed by atoms with E-state index in [1.165, 1.54) is 12.8 Å². The molecular formula is C13H19BrN2O. The molecule has 1 aromatic rings. The number of likely N-dealkylation sites (N-methyl/N-ethyl adjacent to an activating group) is 1. The first-order valence-electron chi connectivity index (χ1n) is 6.02. The molecule has 4 heteroatoms. The molecule has 1 aliphatic carbocycles. The molecule has 1 fully saturated rings. The van der Waals surface area contributed by atoms with Gasteiger partial charge in [0.1, 0.15) is 12.4 Å². The summed E-state index contributed by atoms with van der Waals surface area (Å²) in [7, 11) is 2.16. The zero-order chi connectivity index (χ0) is 12.3. The van der Waals surface area contributed by atoms with Crippen LogP contribution in [0.5, 0.6) is 5.75 Å². The molecule has 1 aromatic carbocycles. The lowest BCUT2D eigenvalue weighted by Crippen LogP contribution is -2.26. The van der Waals surface area contributed by atoms with Crippen LogP contribution in [-0.4, -0.2) is 31.1 Å². The second kappa shape index (κ2) is 5.85. The number of rotatable bonds is 6. The summed E-state index contributed by atoms with van der Waals surface area (Å²) in [5.74, 6) is 0.895. The molecule has 0 unspecified atom stereocenters. The van der Waals surface area contributed by atoms with Crippen LogP contribution in [0.1, 0.15) is 18.4 Å². The molecule has 0 atom stereocenters. The van der Waals surface area contributed by atoms with Gasteiger partial charge >= 0.3 is 0 Å². The lowest BCUT2D eigenvalue weighted by atomic mass is 10.2. The molecule has 1 aliphatic rings. The van der Waals surface area contributed by atoms with Gasteiger partial charge in [0.25, 0.3) is 0 Å². The van der Waals surface area contributed by atoms with E-state index in [1.807, 2.05) is 18.2 Å². The summed E-state index contributed by atoms with van der Waals surface area (Å²) >= 11 is 3.45. The van der Waals surface area contributed by atoms with Gasteiger partial charge in [-0.15, -0.1) is 0 Å². The monoisotopic (exact) mass is 298 g/mol. The van der Waals surface area contributed by atoms with Gasteiger partial charge in [0.05, 0.1) is 0 Å². The highest BCUT2D eigenvalue weighted by Gasteiger charge is 2.25. The van der Waals surface area contributed by atoms with Crippen molar-refractivity contribution in [1.82, 2.24) is 4.90 Å². The Balaban J connectivity index is 1.86. The molecular weight excluding hydrogens is 280 g/mol. The van der Waals surface area contributed by atoms with Crippen LogP contribution in [-0.2, 0) is 6.54 Å². The van der Waals surface area contributed by atoms with Crippen molar-refractivity contribution in [3.63, 3.8) is 0 Å².